The van der Waals surface area contributed by atoms with Gasteiger partial charge >= 0.3 is 0 Å². The van der Waals surface area contributed by atoms with E-state index in [1.54, 1.807) is 24.3 Å². The highest BCUT2D eigenvalue weighted by molar-refractivity contribution is 7.90. The molecule has 0 N–H and O–H groups in total. The lowest BCUT2D eigenvalue weighted by atomic mass is 10.0. The summed E-state index contributed by atoms with van der Waals surface area (Å²) in [5.74, 6) is 0.00862. The highest BCUT2D eigenvalue weighted by Gasteiger charge is 2.27. The molecule has 0 saturated heterocycles. The molecule has 5 heteroatoms. The number of nitrogens with zero attached hydrogens (tertiary/aromatic N) is 1. The minimum absolute atomic E-state index is 0.00862. The Morgan fingerprint density at radius 3 is 2.58 bits per heavy atom. The van der Waals surface area contributed by atoms with Crippen LogP contribution in [-0.2, 0) is 27.5 Å². The van der Waals surface area contributed by atoms with Gasteiger partial charge < -0.3 is 0 Å². The predicted molar refractivity (Wildman–Crippen MR) is 93.5 cm³/mol. The van der Waals surface area contributed by atoms with E-state index in [4.69, 9.17) is 0 Å². The van der Waals surface area contributed by atoms with Gasteiger partial charge in [-0.25, -0.2) is 8.42 Å². The zero-order valence-electron chi connectivity index (χ0n) is 13.1. The molecular weight excluding hydrogens is 322 g/mol. The van der Waals surface area contributed by atoms with E-state index in [0.717, 1.165) is 22.5 Å². The van der Waals surface area contributed by atoms with Crippen LogP contribution in [0.4, 0.5) is 5.69 Å². The quantitative estimate of drug-likeness (QED) is 0.792. The molecular formula is C19H15NO3S. The molecule has 0 radical (unpaired) electrons. The molecule has 0 atom stereocenters. The summed E-state index contributed by atoms with van der Waals surface area (Å²) < 4.78 is 23.6. The van der Waals surface area contributed by atoms with Crippen LogP contribution in [0.3, 0.4) is 0 Å². The lowest BCUT2D eigenvalue weighted by molar-refractivity contribution is -0.112. The van der Waals surface area contributed by atoms with Gasteiger partial charge in [0.05, 0.1) is 10.6 Å². The van der Waals surface area contributed by atoms with Gasteiger partial charge in [0.1, 0.15) is 0 Å². The van der Waals surface area contributed by atoms with Crippen LogP contribution >= 0.6 is 0 Å². The summed E-state index contributed by atoms with van der Waals surface area (Å²) in [6, 6.07) is 12.8. The monoisotopic (exact) mass is 337 g/mol. The fourth-order valence-electron chi connectivity index (χ4n) is 3.18. The molecule has 0 amide bonds. The van der Waals surface area contributed by atoms with Crippen molar-refractivity contribution in [2.45, 2.75) is 17.7 Å². The van der Waals surface area contributed by atoms with E-state index >= 15 is 0 Å². The summed E-state index contributed by atoms with van der Waals surface area (Å²) in [7, 11) is -3.31. The van der Waals surface area contributed by atoms with E-state index in [1.807, 2.05) is 24.3 Å². The molecule has 2 aliphatic rings. The van der Waals surface area contributed by atoms with Crippen LogP contribution in [0.15, 0.2) is 58.4 Å². The third-order valence-electron chi connectivity index (χ3n) is 4.39. The predicted octanol–water partition coefficient (Wildman–Crippen LogP) is 2.93. The molecule has 0 spiro atoms. The minimum atomic E-state index is -3.31. The van der Waals surface area contributed by atoms with Crippen molar-refractivity contribution >= 4 is 32.6 Å². The van der Waals surface area contributed by atoms with Crippen molar-refractivity contribution in [1.29, 1.82) is 0 Å². The van der Waals surface area contributed by atoms with Crippen molar-refractivity contribution in [3.8, 4) is 0 Å². The normalized spacial score (nSPS) is 17.8. The third-order valence-corrected chi connectivity index (χ3v) is 5.50. The van der Waals surface area contributed by atoms with Crippen molar-refractivity contribution < 1.29 is 13.2 Å². The van der Waals surface area contributed by atoms with E-state index in [9.17, 15) is 13.2 Å². The van der Waals surface area contributed by atoms with Crippen LogP contribution in [0.5, 0.6) is 0 Å². The maximum atomic E-state index is 12.4. The largest absolute Gasteiger partial charge is 0.294 e. The van der Waals surface area contributed by atoms with E-state index in [-0.39, 0.29) is 10.7 Å². The number of para-hydroxylation sites is 1. The maximum Gasteiger partial charge on any atom is 0.175 e. The molecule has 0 bridgehead atoms. The molecule has 0 fully saturated rings. The van der Waals surface area contributed by atoms with Gasteiger partial charge in [0.2, 0.25) is 0 Å². The van der Waals surface area contributed by atoms with Crippen LogP contribution in [0, 0.1) is 0 Å². The number of sulfone groups is 1. The van der Waals surface area contributed by atoms with Crippen molar-refractivity contribution in [3.63, 3.8) is 0 Å². The van der Waals surface area contributed by atoms with Crippen LogP contribution in [0.1, 0.15) is 16.7 Å². The highest BCUT2D eigenvalue weighted by Crippen LogP contribution is 2.33. The number of rotatable bonds is 2. The molecule has 1 aliphatic carbocycles. The first kappa shape index (κ1) is 15.0. The number of hydrogen-bond donors (Lipinski definition) is 0. The number of allylic oxidation sites excluding steroid dienone is 2. The molecule has 0 saturated carbocycles. The summed E-state index contributed by atoms with van der Waals surface area (Å²) in [5.41, 5.74) is 5.04. The molecule has 1 heterocycles. The number of carbonyl (C=O) groups is 1. The number of Topliss-reactive ketones (excluding diaryl/α,β-unsaturated/α-hetero) is 1. The molecule has 2 aromatic carbocycles. The second-order valence-corrected chi connectivity index (χ2v) is 8.17. The topological polar surface area (TPSA) is 63.6 Å². The Balaban J connectivity index is 1.78. The smallest absolute Gasteiger partial charge is 0.175 e. The van der Waals surface area contributed by atoms with Gasteiger partial charge in [0.25, 0.3) is 0 Å². The average Bonchev–Trinajstić information content (AvgIpc) is 3.07. The minimum Gasteiger partial charge on any atom is -0.294 e. The summed E-state index contributed by atoms with van der Waals surface area (Å²) in [5, 5.41) is 0. The highest BCUT2D eigenvalue weighted by atomic mass is 32.2. The number of ketones is 1. The van der Waals surface area contributed by atoms with E-state index in [0.29, 0.717) is 24.0 Å². The average molecular weight is 337 g/mol. The molecule has 4 nitrogen and oxygen atoms in total. The van der Waals surface area contributed by atoms with Gasteiger partial charge in [0, 0.05) is 30.4 Å². The number of fused-ring (bicyclic) bond motifs is 2. The van der Waals surface area contributed by atoms with Gasteiger partial charge in [-0.05, 0) is 41.0 Å². The van der Waals surface area contributed by atoms with Crippen molar-refractivity contribution in [1.82, 2.24) is 0 Å². The molecule has 0 unspecified atom stereocenters. The van der Waals surface area contributed by atoms with Crippen LogP contribution < -0.4 is 0 Å². The number of carbonyl (C=O) groups excluding carboxylic acids is 1. The summed E-state index contributed by atoms with van der Waals surface area (Å²) in [6.07, 6.45) is 3.98. The van der Waals surface area contributed by atoms with E-state index < -0.39 is 9.84 Å². The van der Waals surface area contributed by atoms with Gasteiger partial charge in [-0.15, -0.1) is 0 Å². The molecule has 1 aliphatic heterocycles. The molecule has 4 rings (SSSR count). The van der Waals surface area contributed by atoms with Crippen molar-refractivity contribution in [3.05, 3.63) is 65.2 Å². The summed E-state index contributed by atoms with van der Waals surface area (Å²) in [6.45, 7) is 0. The second kappa shape index (κ2) is 5.24. The standard InChI is InChI=1S/C19H15NO3S/c1-24(22,23)15-7-6-12-9-19(21)17(16(12)11-15)10-14-8-13-4-2-3-5-18(13)20-14/h2-7,10-11H,8-9H2,1H3/b17-10-. The lowest BCUT2D eigenvalue weighted by Crippen LogP contribution is -2.01. The Labute approximate surface area is 140 Å². The Morgan fingerprint density at radius 1 is 1.04 bits per heavy atom. The fraction of sp³-hybridized carbons (Fsp3) is 0.158. The van der Waals surface area contributed by atoms with Gasteiger partial charge in [0.15, 0.2) is 15.6 Å². The molecule has 24 heavy (non-hydrogen) atoms. The van der Waals surface area contributed by atoms with Gasteiger partial charge in [-0.3, -0.25) is 9.79 Å². The van der Waals surface area contributed by atoms with Crippen molar-refractivity contribution in [2.24, 2.45) is 4.99 Å². The number of hydrogen-bond acceptors (Lipinski definition) is 4. The molecule has 120 valence electrons. The zero-order valence-corrected chi connectivity index (χ0v) is 13.9. The van der Waals surface area contributed by atoms with Crippen molar-refractivity contribution in [2.75, 3.05) is 6.26 Å². The van der Waals surface area contributed by atoms with Gasteiger partial charge in [-0.2, -0.15) is 0 Å². The van der Waals surface area contributed by atoms with E-state index in [2.05, 4.69) is 4.99 Å². The number of aliphatic imine (C=N–C) groups is 1. The maximum absolute atomic E-state index is 12.4. The molecule has 0 aromatic heterocycles. The third kappa shape index (κ3) is 2.51. The lowest BCUT2D eigenvalue weighted by Gasteiger charge is -2.04. The SMILES string of the molecule is CS(=O)(=O)c1ccc2c(c1)/C(=C/C1=Nc3ccccc3C1)C(=O)C2. The van der Waals surface area contributed by atoms with Crippen LogP contribution in [0.25, 0.3) is 5.57 Å². The first-order valence-corrected chi connectivity index (χ1v) is 9.55. The number of benzene rings is 2. The molecule has 2 aromatic rings. The zero-order chi connectivity index (χ0) is 16.9. The summed E-state index contributed by atoms with van der Waals surface area (Å²) in [4.78, 5) is 17.2. The van der Waals surface area contributed by atoms with Gasteiger partial charge in [-0.1, -0.05) is 24.3 Å². The first-order chi connectivity index (χ1) is 11.4. The van der Waals surface area contributed by atoms with Crippen LogP contribution in [-0.4, -0.2) is 26.2 Å². The second-order valence-electron chi connectivity index (χ2n) is 6.16. The van der Waals surface area contributed by atoms with Crippen LogP contribution in [0.2, 0.25) is 0 Å². The fourth-order valence-corrected chi connectivity index (χ4v) is 3.82. The summed E-state index contributed by atoms with van der Waals surface area (Å²) >= 11 is 0. The first-order valence-electron chi connectivity index (χ1n) is 7.65. The Morgan fingerprint density at radius 2 is 1.83 bits per heavy atom. The Kier molecular flexibility index (Phi) is 3.28. The van der Waals surface area contributed by atoms with E-state index in [1.165, 1.54) is 6.26 Å². The Bertz CT molecular complexity index is 1050. The Hall–Kier alpha value is -2.53.